The summed E-state index contributed by atoms with van der Waals surface area (Å²) in [5, 5.41) is 13.8. The number of carboxylic acid groups (broad SMARTS) is 1. The van der Waals surface area contributed by atoms with Crippen LogP contribution in [0.1, 0.15) is 58.1 Å². The maximum absolute atomic E-state index is 14.8. The second-order valence-corrected chi connectivity index (χ2v) is 14.4. The first-order valence-corrected chi connectivity index (χ1v) is 18.5. The van der Waals surface area contributed by atoms with E-state index in [0.717, 1.165) is 34.0 Å². The Morgan fingerprint density at radius 1 is 0.914 bits per heavy atom. The van der Waals surface area contributed by atoms with E-state index in [-0.39, 0.29) is 42.8 Å². The summed E-state index contributed by atoms with van der Waals surface area (Å²) in [5.41, 5.74) is 6.84. The number of nitrogens with zero attached hydrogens (tertiary/aromatic N) is 6. The summed E-state index contributed by atoms with van der Waals surface area (Å²) >= 11 is 0. The van der Waals surface area contributed by atoms with Crippen molar-refractivity contribution in [2.75, 3.05) is 30.3 Å². The van der Waals surface area contributed by atoms with Crippen LogP contribution in [-0.2, 0) is 27.5 Å². The molecule has 1 unspecified atom stereocenters. The normalized spacial score (nSPS) is 16.9. The van der Waals surface area contributed by atoms with Crippen LogP contribution in [0.5, 0.6) is 5.88 Å². The SMILES string of the molecule is Cc1ccn(-c2cc(C(=O)O)ccc2C(Oc2cc(N3CCC4(CC3)C[C@@H](C(=O)OCc3ccccc3)N(C(=O)OCc3ccccc3)C4)nc(N)n2)C(F)(F)F)n1. The minimum Gasteiger partial charge on any atom is -0.478 e. The zero-order valence-electron chi connectivity index (χ0n) is 31.3. The van der Waals surface area contributed by atoms with E-state index >= 15 is 0 Å². The molecule has 302 valence electrons. The largest absolute Gasteiger partial charge is 0.478 e. The topological polar surface area (TPSA) is 175 Å². The molecule has 2 aliphatic heterocycles. The first kappa shape index (κ1) is 39.6. The van der Waals surface area contributed by atoms with Gasteiger partial charge < -0.3 is 30.0 Å². The third-order valence-electron chi connectivity index (χ3n) is 10.4. The van der Waals surface area contributed by atoms with Crippen LogP contribution in [0, 0.1) is 12.3 Å². The van der Waals surface area contributed by atoms with Crippen molar-refractivity contribution in [3.05, 3.63) is 125 Å². The van der Waals surface area contributed by atoms with Gasteiger partial charge >= 0.3 is 24.2 Å². The quantitative estimate of drug-likeness (QED) is 0.136. The number of carboxylic acids is 1. The number of nitrogens with two attached hydrogens (primary N) is 1. The maximum Gasteiger partial charge on any atom is 0.429 e. The van der Waals surface area contributed by atoms with Crippen molar-refractivity contribution in [2.45, 2.75) is 57.7 Å². The van der Waals surface area contributed by atoms with Crippen molar-refractivity contribution in [2.24, 2.45) is 5.41 Å². The molecule has 0 saturated carbocycles. The summed E-state index contributed by atoms with van der Waals surface area (Å²) in [7, 11) is 0. The van der Waals surface area contributed by atoms with E-state index in [1.54, 1.807) is 13.0 Å². The standard InChI is InChI=1S/C41H40F3N7O7/c1-26-14-17-51(48-26)31-20-29(36(52)53)12-13-30(31)35(41(42,43)44)58-34-21-33(46-38(45)47-34)49-18-15-40(16-19-49)22-32(37(54)56-23-27-8-4-2-5-9-27)50(25-40)39(55)57-24-28-10-6-3-7-11-28/h2-14,17,20-21,32,35H,15-16,18-19,22-25H2,1H3,(H,52,53)(H2,45,46,47)/t32-,35?/m0/s1. The lowest BCUT2D eigenvalue weighted by atomic mass is 9.76. The number of halogens is 3. The number of aromatic nitrogens is 4. The van der Waals surface area contributed by atoms with Crippen LogP contribution in [0.15, 0.2) is 97.2 Å². The number of hydrogen-bond donors (Lipinski definition) is 2. The van der Waals surface area contributed by atoms with Gasteiger partial charge in [0.25, 0.3) is 0 Å². The summed E-state index contributed by atoms with van der Waals surface area (Å²) in [6.45, 7) is 2.65. The Kier molecular flexibility index (Phi) is 11.2. The van der Waals surface area contributed by atoms with Gasteiger partial charge in [-0.25, -0.2) is 19.1 Å². The monoisotopic (exact) mass is 799 g/mol. The Bertz CT molecular complexity index is 2200. The van der Waals surface area contributed by atoms with Crippen LogP contribution < -0.4 is 15.4 Å². The molecule has 4 heterocycles. The molecule has 7 rings (SSSR count). The Morgan fingerprint density at radius 2 is 1.57 bits per heavy atom. The van der Waals surface area contributed by atoms with Gasteiger partial charge in [0.15, 0.2) is 0 Å². The zero-order valence-corrected chi connectivity index (χ0v) is 31.3. The number of alkyl halides is 3. The Balaban J connectivity index is 1.09. The molecule has 2 aliphatic rings. The number of likely N-dealkylation sites (tertiary alicyclic amines) is 1. The molecule has 0 aliphatic carbocycles. The molecular weight excluding hydrogens is 759 g/mol. The van der Waals surface area contributed by atoms with Gasteiger partial charge in [-0.3, -0.25) is 4.90 Å². The molecule has 0 radical (unpaired) electrons. The van der Waals surface area contributed by atoms with Crippen LogP contribution in [0.25, 0.3) is 5.69 Å². The van der Waals surface area contributed by atoms with Gasteiger partial charge in [0.2, 0.25) is 17.9 Å². The minimum absolute atomic E-state index is 0.0232. The predicted octanol–water partition coefficient (Wildman–Crippen LogP) is 6.67. The fraction of sp³-hybridized carbons (Fsp3) is 0.317. The fourth-order valence-electron chi connectivity index (χ4n) is 7.38. The van der Waals surface area contributed by atoms with E-state index in [4.69, 9.17) is 19.9 Å². The molecule has 0 bridgehead atoms. The van der Waals surface area contributed by atoms with E-state index in [9.17, 15) is 32.7 Å². The Morgan fingerprint density at radius 3 is 2.17 bits per heavy atom. The predicted molar refractivity (Wildman–Crippen MR) is 203 cm³/mol. The first-order chi connectivity index (χ1) is 27.8. The Hall–Kier alpha value is -6.65. The summed E-state index contributed by atoms with van der Waals surface area (Å²) in [6, 6.07) is 23.5. The number of hydrogen-bond acceptors (Lipinski definition) is 11. The Labute approximate surface area is 331 Å². The second-order valence-electron chi connectivity index (χ2n) is 14.4. The second kappa shape index (κ2) is 16.4. The molecule has 2 atom stereocenters. The molecule has 2 saturated heterocycles. The van der Waals surface area contributed by atoms with Crippen LogP contribution in [0.4, 0.5) is 29.7 Å². The number of rotatable bonds is 11. The molecule has 14 nitrogen and oxygen atoms in total. The van der Waals surface area contributed by atoms with Crippen LogP contribution in [-0.4, -0.2) is 79.6 Å². The van der Waals surface area contributed by atoms with Gasteiger partial charge in [-0.1, -0.05) is 66.7 Å². The average molecular weight is 800 g/mol. The van der Waals surface area contributed by atoms with Crippen LogP contribution in [0.3, 0.4) is 0 Å². The van der Waals surface area contributed by atoms with Crippen molar-refractivity contribution in [3.8, 4) is 11.6 Å². The van der Waals surface area contributed by atoms with Gasteiger partial charge in [0, 0.05) is 37.5 Å². The third kappa shape index (κ3) is 8.98. The smallest absolute Gasteiger partial charge is 0.429 e. The first-order valence-electron chi connectivity index (χ1n) is 18.5. The highest BCUT2D eigenvalue weighted by molar-refractivity contribution is 5.88. The third-order valence-corrected chi connectivity index (χ3v) is 10.4. The summed E-state index contributed by atoms with van der Waals surface area (Å²) in [6.07, 6.45) is -5.48. The molecule has 1 amide bonds. The van der Waals surface area contributed by atoms with Crippen LogP contribution in [0.2, 0.25) is 0 Å². The molecule has 1 spiro atoms. The number of benzene rings is 3. The highest BCUT2D eigenvalue weighted by atomic mass is 19.4. The number of piperidine rings is 1. The molecule has 5 aromatic rings. The van der Waals surface area contributed by atoms with E-state index in [1.807, 2.05) is 65.6 Å². The number of amides is 1. The minimum atomic E-state index is -4.98. The average Bonchev–Trinajstić information content (AvgIpc) is 3.82. The number of esters is 1. The number of aromatic carboxylic acids is 1. The van der Waals surface area contributed by atoms with Crippen LogP contribution >= 0.6 is 0 Å². The van der Waals surface area contributed by atoms with Gasteiger partial charge in [-0.15, -0.1) is 0 Å². The maximum atomic E-state index is 14.8. The van der Waals surface area contributed by atoms with E-state index < -0.39 is 53.2 Å². The molecule has 2 fully saturated rings. The number of ether oxygens (including phenoxy) is 3. The number of anilines is 2. The molecule has 2 aromatic heterocycles. The summed E-state index contributed by atoms with van der Waals surface area (Å²) < 4.78 is 62.4. The fourth-order valence-corrected chi connectivity index (χ4v) is 7.38. The van der Waals surface area contributed by atoms with Gasteiger partial charge in [0.1, 0.15) is 25.1 Å². The molecule has 3 N–H and O–H groups in total. The lowest BCUT2D eigenvalue weighted by molar-refractivity contribution is -0.198. The van der Waals surface area contributed by atoms with Gasteiger partial charge in [-0.2, -0.15) is 28.2 Å². The summed E-state index contributed by atoms with van der Waals surface area (Å²) in [5.74, 6) is -2.44. The molecular formula is C41H40F3N7O7. The number of nitrogen functional groups attached to an aromatic ring is 1. The van der Waals surface area contributed by atoms with Crippen molar-refractivity contribution in [1.29, 1.82) is 0 Å². The lowest BCUT2D eigenvalue weighted by Gasteiger charge is -2.39. The van der Waals surface area contributed by atoms with Gasteiger partial charge in [-0.05, 0) is 60.9 Å². The van der Waals surface area contributed by atoms with Crippen molar-refractivity contribution in [1.82, 2.24) is 24.6 Å². The number of aryl methyl sites for hydroxylation is 1. The molecule has 17 heteroatoms. The van der Waals surface area contributed by atoms with E-state index in [1.165, 1.54) is 17.2 Å². The number of carbonyl (C=O) groups excluding carboxylic acids is 2. The lowest BCUT2D eigenvalue weighted by Crippen LogP contribution is -2.43. The highest BCUT2D eigenvalue weighted by Crippen LogP contribution is 2.45. The van der Waals surface area contributed by atoms with Crippen molar-refractivity contribution < 1.29 is 46.9 Å². The van der Waals surface area contributed by atoms with Crippen molar-refractivity contribution >= 4 is 29.8 Å². The zero-order chi connectivity index (χ0) is 41.0. The van der Waals surface area contributed by atoms with E-state index in [0.29, 0.717) is 38.0 Å². The van der Waals surface area contributed by atoms with Crippen molar-refractivity contribution in [3.63, 3.8) is 0 Å². The highest BCUT2D eigenvalue weighted by Gasteiger charge is 2.51. The van der Waals surface area contributed by atoms with E-state index in [2.05, 4.69) is 15.1 Å². The molecule has 58 heavy (non-hydrogen) atoms. The molecule has 3 aromatic carbocycles. The summed E-state index contributed by atoms with van der Waals surface area (Å²) in [4.78, 5) is 50.4. The number of carbonyl (C=O) groups is 3. The van der Waals surface area contributed by atoms with Gasteiger partial charge in [0.05, 0.1) is 16.9 Å².